The highest BCUT2D eigenvalue weighted by Crippen LogP contribution is 2.41. The highest BCUT2D eigenvalue weighted by Gasteiger charge is 2.43. The van der Waals surface area contributed by atoms with Crippen molar-refractivity contribution in [2.45, 2.75) is 51.4 Å². The van der Waals surface area contributed by atoms with Crippen molar-refractivity contribution in [3.8, 4) is 27.6 Å². The molecule has 11 nitrogen and oxygen atoms in total. The zero-order chi connectivity index (χ0) is 33.0. The molecule has 2 aliphatic rings. The summed E-state index contributed by atoms with van der Waals surface area (Å²) in [6.45, 7) is 6.97. The van der Waals surface area contributed by atoms with Crippen molar-refractivity contribution in [1.82, 2.24) is 24.2 Å². The second kappa shape index (κ2) is 11.8. The third-order valence-corrected chi connectivity index (χ3v) is 10.1. The van der Waals surface area contributed by atoms with Crippen LogP contribution in [-0.2, 0) is 11.8 Å². The number of hydrogen-bond donors (Lipinski definition) is 2. The van der Waals surface area contributed by atoms with Gasteiger partial charge in [-0.3, -0.25) is 14.0 Å². The van der Waals surface area contributed by atoms with Crippen LogP contribution in [0.5, 0.6) is 11.5 Å². The van der Waals surface area contributed by atoms with Crippen LogP contribution < -0.4 is 15.2 Å². The summed E-state index contributed by atoms with van der Waals surface area (Å²) in [6, 6.07) is 13.2. The number of halogens is 1. The van der Waals surface area contributed by atoms with E-state index in [4.69, 9.17) is 36.5 Å². The van der Waals surface area contributed by atoms with E-state index < -0.39 is 17.6 Å². The Morgan fingerprint density at radius 1 is 1.19 bits per heavy atom. The van der Waals surface area contributed by atoms with Crippen molar-refractivity contribution < 1.29 is 24.1 Å². The first-order chi connectivity index (χ1) is 22.5. The monoisotopic (exact) mass is 674 g/mol. The predicted molar refractivity (Wildman–Crippen MR) is 180 cm³/mol. The molecule has 1 atom stereocenters. The molecule has 1 fully saturated rings. The number of nitrogens with two attached hydrogens (primary N) is 1. The number of hydrogen-bond acceptors (Lipinski definition) is 9. The Balaban J connectivity index is 1.20. The van der Waals surface area contributed by atoms with Gasteiger partial charge in [0.05, 0.1) is 17.2 Å². The van der Waals surface area contributed by atoms with Crippen LogP contribution in [-0.4, -0.2) is 60.0 Å². The largest absolute Gasteiger partial charge is 0.504 e. The van der Waals surface area contributed by atoms with Crippen LogP contribution in [0.25, 0.3) is 27.2 Å². The Morgan fingerprint density at radius 2 is 1.96 bits per heavy atom. The topological polar surface area (TPSA) is 130 Å². The van der Waals surface area contributed by atoms with Crippen LogP contribution in [0.3, 0.4) is 0 Å². The number of likely N-dealkylation sites (tertiary alicyclic amines) is 1. The fourth-order valence-corrected chi connectivity index (χ4v) is 7.23. The standard InChI is InChI=1S/C34H35ClN6O5S/c1-19(22-7-5-6-8-24(22)35)44-28-15-29(47-30(28)32(36)43)41-18-37-25-13-23(20-16-38-39(4)17-20)27(14-26(25)41)45-21-9-11-40(12-10-21)33-31(42)34(2,3)46-33/h5-8,13-19,21,42H,9-12H2,1-4H3,(H2,36,43)/t19-/m1/s1. The van der Waals surface area contributed by atoms with Gasteiger partial charge >= 0.3 is 0 Å². The number of piperidine rings is 1. The number of aliphatic hydroxyl groups excluding tert-OH is 1. The summed E-state index contributed by atoms with van der Waals surface area (Å²) in [7, 11) is 1.88. The van der Waals surface area contributed by atoms with Crippen LogP contribution in [0.2, 0.25) is 5.02 Å². The number of benzene rings is 2. The molecule has 2 aromatic carbocycles. The number of fused-ring (bicyclic) bond motifs is 1. The Bertz CT molecular complexity index is 2020. The number of aliphatic hydroxyl groups is 1. The first kappa shape index (κ1) is 30.9. The zero-order valence-corrected chi connectivity index (χ0v) is 28.0. The second-order valence-corrected chi connectivity index (χ2v) is 13.8. The van der Waals surface area contributed by atoms with Gasteiger partial charge in [0.25, 0.3) is 5.91 Å². The summed E-state index contributed by atoms with van der Waals surface area (Å²) in [4.78, 5) is 19.6. The number of thiophene rings is 1. The van der Waals surface area contributed by atoms with Crippen LogP contribution in [0, 0.1) is 0 Å². The summed E-state index contributed by atoms with van der Waals surface area (Å²) in [5, 5.41) is 16.1. The fourth-order valence-electron chi connectivity index (χ4n) is 6.01. The maximum atomic E-state index is 12.5. The summed E-state index contributed by atoms with van der Waals surface area (Å²) in [5.41, 5.74) is 9.30. The van der Waals surface area contributed by atoms with Crippen LogP contribution in [0.4, 0.5) is 0 Å². The fraction of sp³-hybridized carbons (Fsp3) is 0.324. The molecule has 0 spiro atoms. The summed E-state index contributed by atoms with van der Waals surface area (Å²) < 4.78 is 22.5. The van der Waals surface area contributed by atoms with Gasteiger partial charge in [-0.05, 0) is 32.9 Å². The van der Waals surface area contributed by atoms with Gasteiger partial charge in [0.1, 0.15) is 39.9 Å². The Morgan fingerprint density at radius 3 is 2.62 bits per heavy atom. The number of imidazole rings is 1. The number of carbonyl (C=O) groups excluding carboxylic acids is 1. The van der Waals surface area contributed by atoms with E-state index in [1.54, 1.807) is 29.3 Å². The molecular weight excluding hydrogens is 640 g/mol. The lowest BCUT2D eigenvalue weighted by Gasteiger charge is -2.44. The Kier molecular flexibility index (Phi) is 7.80. The van der Waals surface area contributed by atoms with Gasteiger partial charge in [-0.25, -0.2) is 4.98 Å². The molecule has 7 rings (SSSR count). The molecule has 0 radical (unpaired) electrons. The molecule has 0 saturated carbocycles. The lowest BCUT2D eigenvalue weighted by molar-refractivity contribution is -0.0927. The number of ether oxygens (including phenoxy) is 3. The minimum atomic E-state index is -0.638. The smallest absolute Gasteiger partial charge is 0.262 e. The minimum Gasteiger partial charge on any atom is -0.504 e. The minimum absolute atomic E-state index is 0.0548. The van der Waals surface area contributed by atoms with Crippen molar-refractivity contribution in [3.05, 3.63) is 88.3 Å². The first-order valence-corrected chi connectivity index (χ1v) is 16.6. The maximum absolute atomic E-state index is 12.5. The van der Waals surface area contributed by atoms with Gasteiger partial charge < -0.3 is 30.0 Å². The van der Waals surface area contributed by atoms with Crippen LogP contribution in [0.15, 0.2) is 72.8 Å². The average Bonchev–Trinajstić information content (AvgIpc) is 3.78. The number of primary amides is 1. The Labute approximate surface area is 280 Å². The maximum Gasteiger partial charge on any atom is 0.262 e. The van der Waals surface area contributed by atoms with Crippen LogP contribution >= 0.6 is 22.9 Å². The van der Waals surface area contributed by atoms with E-state index >= 15 is 0 Å². The molecule has 5 aromatic rings. The van der Waals surface area contributed by atoms with Gasteiger partial charge in [0.2, 0.25) is 5.88 Å². The van der Waals surface area contributed by atoms with E-state index in [1.165, 1.54) is 11.3 Å². The van der Waals surface area contributed by atoms with Gasteiger partial charge in [0.15, 0.2) is 11.4 Å². The highest BCUT2D eigenvalue weighted by atomic mass is 35.5. The Hall–Kier alpha value is -4.68. The quantitative estimate of drug-likeness (QED) is 0.175. The van der Waals surface area contributed by atoms with E-state index in [9.17, 15) is 9.90 Å². The zero-order valence-electron chi connectivity index (χ0n) is 26.4. The van der Waals surface area contributed by atoms with Crippen molar-refractivity contribution in [1.29, 1.82) is 0 Å². The first-order valence-electron chi connectivity index (χ1n) is 15.4. The SMILES string of the molecule is C[C@@H](Oc1cc(-n2cnc3cc(-c4cnn(C)c4)c(OC4CCN(C5=C(O)C(C)(C)O5)CC4)cc32)sc1C(N)=O)c1ccccc1Cl. The van der Waals surface area contributed by atoms with E-state index in [1.807, 2.05) is 68.9 Å². The number of aryl methyl sites for hydroxylation is 1. The molecule has 0 unspecified atom stereocenters. The van der Waals surface area contributed by atoms with Crippen molar-refractivity contribution >= 4 is 39.9 Å². The molecule has 0 bridgehead atoms. The van der Waals surface area contributed by atoms with Crippen molar-refractivity contribution in [2.24, 2.45) is 12.8 Å². The van der Waals surface area contributed by atoms with E-state index in [2.05, 4.69) is 10.00 Å². The van der Waals surface area contributed by atoms with Crippen molar-refractivity contribution in [2.75, 3.05) is 13.1 Å². The van der Waals surface area contributed by atoms with Crippen LogP contribution in [0.1, 0.15) is 55.0 Å². The number of carbonyl (C=O) groups is 1. The third kappa shape index (κ3) is 5.76. The lowest BCUT2D eigenvalue weighted by Crippen LogP contribution is -2.48. The molecule has 3 N–H and O–H groups in total. The number of amides is 1. The molecule has 2 aliphatic heterocycles. The number of rotatable bonds is 9. The molecule has 13 heteroatoms. The summed E-state index contributed by atoms with van der Waals surface area (Å²) >= 11 is 7.64. The van der Waals surface area contributed by atoms with E-state index in [0.717, 1.165) is 40.6 Å². The number of aromatic nitrogens is 4. The van der Waals surface area contributed by atoms with Gasteiger partial charge in [-0.15, -0.1) is 11.3 Å². The molecule has 244 valence electrons. The second-order valence-electron chi connectivity index (χ2n) is 12.3. The molecule has 1 amide bonds. The van der Waals surface area contributed by atoms with Gasteiger partial charge in [-0.1, -0.05) is 29.8 Å². The molecule has 0 aliphatic carbocycles. The molecule has 1 saturated heterocycles. The third-order valence-electron chi connectivity index (χ3n) is 8.61. The molecular formula is C34H35ClN6O5S. The molecule has 47 heavy (non-hydrogen) atoms. The summed E-state index contributed by atoms with van der Waals surface area (Å²) in [6.07, 6.45) is 6.50. The molecule has 3 aromatic heterocycles. The van der Waals surface area contributed by atoms with E-state index in [0.29, 0.717) is 45.4 Å². The highest BCUT2D eigenvalue weighted by molar-refractivity contribution is 7.16. The average molecular weight is 675 g/mol. The molecule has 5 heterocycles. The van der Waals surface area contributed by atoms with E-state index in [-0.39, 0.29) is 11.9 Å². The predicted octanol–water partition coefficient (Wildman–Crippen LogP) is 6.76. The van der Waals surface area contributed by atoms with Gasteiger partial charge in [-0.2, -0.15) is 5.10 Å². The lowest BCUT2D eigenvalue weighted by atomic mass is 10.0. The van der Waals surface area contributed by atoms with Crippen molar-refractivity contribution in [3.63, 3.8) is 0 Å². The summed E-state index contributed by atoms with van der Waals surface area (Å²) in [5.74, 6) is 1.34. The number of nitrogens with zero attached hydrogens (tertiary/aromatic N) is 5. The normalized spacial score (nSPS) is 17.0. The van der Waals surface area contributed by atoms with Gasteiger partial charge in [0, 0.05) is 73.0 Å².